The number of nitrogens with one attached hydrogen (secondary N) is 2. The van der Waals surface area contributed by atoms with Crippen molar-refractivity contribution in [2.75, 3.05) is 26.2 Å². The number of hydrogen-bond donors (Lipinski definition) is 2. The molecule has 3 aromatic rings. The van der Waals surface area contributed by atoms with Gasteiger partial charge in [0.2, 0.25) is 0 Å². The van der Waals surface area contributed by atoms with Crippen LogP contribution < -0.4 is 10.6 Å². The van der Waals surface area contributed by atoms with Crippen molar-refractivity contribution in [3.8, 4) is 0 Å². The summed E-state index contributed by atoms with van der Waals surface area (Å²) >= 11 is 0. The lowest BCUT2D eigenvalue weighted by Crippen LogP contribution is -2.31. The molecule has 0 spiro atoms. The molecule has 31 heavy (non-hydrogen) atoms. The molecule has 2 aromatic carbocycles. The molecule has 4 nitrogen and oxygen atoms in total. The molecular formula is C26H33FN4. The molecule has 0 saturated heterocycles. The van der Waals surface area contributed by atoms with E-state index in [1.165, 1.54) is 23.3 Å². The Balaban J connectivity index is 1.33. The van der Waals surface area contributed by atoms with Gasteiger partial charge in [-0.1, -0.05) is 49.4 Å². The van der Waals surface area contributed by atoms with Gasteiger partial charge in [-0.25, -0.2) is 4.39 Å². The molecule has 0 unspecified atom stereocenters. The van der Waals surface area contributed by atoms with E-state index in [9.17, 15) is 4.39 Å². The van der Waals surface area contributed by atoms with Crippen molar-refractivity contribution in [2.45, 2.75) is 33.0 Å². The molecule has 164 valence electrons. The van der Waals surface area contributed by atoms with Crippen LogP contribution in [-0.2, 0) is 26.1 Å². The average molecular weight is 421 g/mol. The number of nitrogens with zero attached hydrogens (tertiary/aromatic N) is 2. The summed E-state index contributed by atoms with van der Waals surface area (Å²) in [6.07, 6.45) is 2.73. The summed E-state index contributed by atoms with van der Waals surface area (Å²) in [6, 6.07) is 21.6. The maximum absolute atomic E-state index is 12.9. The Hall–Kier alpha value is -2.60. The second-order valence-corrected chi connectivity index (χ2v) is 7.74. The normalized spacial score (nSPS) is 11.2. The van der Waals surface area contributed by atoms with Crippen LogP contribution in [-0.4, -0.2) is 36.1 Å². The lowest BCUT2D eigenvalue weighted by Gasteiger charge is -2.21. The van der Waals surface area contributed by atoms with Crippen LogP contribution in [0.1, 0.15) is 29.3 Å². The van der Waals surface area contributed by atoms with E-state index >= 15 is 0 Å². The zero-order chi connectivity index (χ0) is 21.7. The molecule has 2 N–H and O–H groups in total. The predicted molar refractivity (Wildman–Crippen MR) is 125 cm³/mol. The Morgan fingerprint density at radius 1 is 0.806 bits per heavy atom. The number of pyridine rings is 1. The van der Waals surface area contributed by atoms with Gasteiger partial charge in [0.15, 0.2) is 0 Å². The minimum Gasteiger partial charge on any atom is -0.312 e. The van der Waals surface area contributed by atoms with Gasteiger partial charge in [0.1, 0.15) is 5.82 Å². The van der Waals surface area contributed by atoms with E-state index < -0.39 is 0 Å². The van der Waals surface area contributed by atoms with Crippen LogP contribution in [0.15, 0.2) is 72.9 Å². The third-order valence-electron chi connectivity index (χ3n) is 5.35. The van der Waals surface area contributed by atoms with E-state index in [2.05, 4.69) is 51.7 Å². The van der Waals surface area contributed by atoms with E-state index in [0.29, 0.717) is 0 Å². The van der Waals surface area contributed by atoms with Crippen molar-refractivity contribution in [1.82, 2.24) is 20.5 Å². The van der Waals surface area contributed by atoms with Crippen molar-refractivity contribution < 1.29 is 4.39 Å². The monoisotopic (exact) mass is 420 g/mol. The lowest BCUT2D eigenvalue weighted by atomic mass is 10.1. The number of aromatic nitrogens is 1. The minimum absolute atomic E-state index is 0.181. The van der Waals surface area contributed by atoms with Gasteiger partial charge in [-0.05, 0) is 60.5 Å². The zero-order valence-corrected chi connectivity index (χ0v) is 18.4. The fourth-order valence-electron chi connectivity index (χ4n) is 3.44. The molecule has 0 radical (unpaired) electrons. The smallest absolute Gasteiger partial charge is 0.123 e. The molecule has 0 bridgehead atoms. The summed E-state index contributed by atoms with van der Waals surface area (Å²) in [6.45, 7) is 8.67. The summed E-state index contributed by atoms with van der Waals surface area (Å²) in [7, 11) is 0. The molecule has 0 atom stereocenters. The topological polar surface area (TPSA) is 40.2 Å². The Bertz CT molecular complexity index is 866. The molecular weight excluding hydrogens is 387 g/mol. The quantitative estimate of drug-likeness (QED) is 0.407. The third kappa shape index (κ3) is 8.58. The molecule has 1 heterocycles. The van der Waals surface area contributed by atoms with Gasteiger partial charge in [-0.2, -0.15) is 0 Å². The van der Waals surface area contributed by atoms with Gasteiger partial charge in [0, 0.05) is 38.9 Å². The summed E-state index contributed by atoms with van der Waals surface area (Å²) < 4.78 is 12.9. The van der Waals surface area contributed by atoms with Crippen molar-refractivity contribution in [1.29, 1.82) is 0 Å². The maximum Gasteiger partial charge on any atom is 0.123 e. The fraction of sp³-hybridized carbons (Fsp3) is 0.346. The number of likely N-dealkylation sites (N-methyl/N-ethyl adjacent to an activating group) is 1. The second kappa shape index (κ2) is 13.0. The number of hydrogen-bond acceptors (Lipinski definition) is 4. The van der Waals surface area contributed by atoms with Crippen LogP contribution in [0.25, 0.3) is 0 Å². The van der Waals surface area contributed by atoms with E-state index in [1.54, 1.807) is 0 Å². The molecule has 0 aliphatic rings. The fourth-order valence-corrected chi connectivity index (χ4v) is 3.44. The Kier molecular flexibility index (Phi) is 9.64. The first-order chi connectivity index (χ1) is 15.2. The number of benzene rings is 2. The van der Waals surface area contributed by atoms with Crippen molar-refractivity contribution in [3.05, 3.63) is 101 Å². The van der Waals surface area contributed by atoms with Gasteiger partial charge in [-0.15, -0.1) is 0 Å². The lowest BCUT2D eigenvalue weighted by molar-refractivity contribution is 0.279. The van der Waals surface area contributed by atoms with Crippen LogP contribution in [0.4, 0.5) is 4.39 Å². The molecule has 3 rings (SSSR count). The standard InChI is InChI=1S/C26H33FN4/c1-2-31(18-17-29-20-26-5-3-4-15-30-26)21-24-8-6-23(7-9-24)19-28-16-14-22-10-12-25(27)13-11-22/h3-13,15,28-29H,2,14,16-21H2,1H3. The van der Waals surface area contributed by atoms with Crippen molar-refractivity contribution >= 4 is 0 Å². The van der Waals surface area contributed by atoms with Crippen LogP contribution in [0, 0.1) is 5.82 Å². The zero-order valence-electron chi connectivity index (χ0n) is 18.4. The Morgan fingerprint density at radius 2 is 1.52 bits per heavy atom. The van der Waals surface area contributed by atoms with Gasteiger partial charge < -0.3 is 10.6 Å². The third-order valence-corrected chi connectivity index (χ3v) is 5.35. The van der Waals surface area contributed by atoms with Gasteiger partial charge in [0.05, 0.1) is 5.69 Å². The number of halogens is 1. The minimum atomic E-state index is -0.181. The van der Waals surface area contributed by atoms with E-state index in [0.717, 1.165) is 63.5 Å². The predicted octanol–water partition coefficient (Wildman–Crippen LogP) is 4.16. The van der Waals surface area contributed by atoms with Gasteiger partial charge in [-0.3, -0.25) is 9.88 Å². The summed E-state index contributed by atoms with van der Waals surface area (Å²) in [5.41, 5.74) is 4.84. The molecule has 0 saturated carbocycles. The van der Waals surface area contributed by atoms with Crippen molar-refractivity contribution in [2.24, 2.45) is 0 Å². The van der Waals surface area contributed by atoms with E-state index in [-0.39, 0.29) is 5.82 Å². The molecule has 1 aromatic heterocycles. The Labute approximate surface area is 185 Å². The molecule has 0 amide bonds. The van der Waals surface area contributed by atoms with Crippen LogP contribution in [0.2, 0.25) is 0 Å². The Morgan fingerprint density at radius 3 is 2.23 bits per heavy atom. The summed E-state index contributed by atoms with van der Waals surface area (Å²) in [5.74, 6) is -0.181. The highest BCUT2D eigenvalue weighted by atomic mass is 19.1. The first-order valence-corrected chi connectivity index (χ1v) is 11.1. The highest BCUT2D eigenvalue weighted by Gasteiger charge is 2.04. The molecule has 5 heteroatoms. The molecule has 0 fully saturated rings. The van der Waals surface area contributed by atoms with Crippen molar-refractivity contribution in [3.63, 3.8) is 0 Å². The van der Waals surface area contributed by atoms with Crippen LogP contribution in [0.5, 0.6) is 0 Å². The SMILES string of the molecule is CCN(CCNCc1ccccn1)Cc1ccc(CNCCc2ccc(F)cc2)cc1. The number of rotatable bonds is 13. The highest BCUT2D eigenvalue weighted by Crippen LogP contribution is 2.08. The first kappa shape index (κ1) is 23.1. The highest BCUT2D eigenvalue weighted by molar-refractivity contribution is 5.22. The van der Waals surface area contributed by atoms with Gasteiger partial charge >= 0.3 is 0 Å². The first-order valence-electron chi connectivity index (χ1n) is 11.1. The maximum atomic E-state index is 12.9. The average Bonchev–Trinajstić information content (AvgIpc) is 2.81. The van der Waals surface area contributed by atoms with E-state index in [1.807, 2.05) is 36.5 Å². The molecule has 0 aliphatic carbocycles. The molecule has 0 aliphatic heterocycles. The van der Waals surface area contributed by atoms with Crippen LogP contribution in [0.3, 0.4) is 0 Å². The summed E-state index contributed by atoms with van der Waals surface area (Å²) in [5, 5.41) is 6.94. The largest absolute Gasteiger partial charge is 0.312 e. The van der Waals surface area contributed by atoms with E-state index in [4.69, 9.17) is 0 Å². The second-order valence-electron chi connectivity index (χ2n) is 7.74. The summed E-state index contributed by atoms with van der Waals surface area (Å²) in [4.78, 5) is 6.79. The van der Waals surface area contributed by atoms with Crippen LogP contribution >= 0.6 is 0 Å². The van der Waals surface area contributed by atoms with Gasteiger partial charge in [0.25, 0.3) is 0 Å².